The number of aryl methyl sites for hydroxylation is 1. The van der Waals surface area contributed by atoms with Gasteiger partial charge in [-0.1, -0.05) is 0 Å². The zero-order valence-corrected chi connectivity index (χ0v) is 13.2. The summed E-state index contributed by atoms with van der Waals surface area (Å²) >= 11 is 0. The number of H-pyrrole nitrogens is 1. The molecular weight excluding hydrogens is 306 g/mol. The highest BCUT2D eigenvalue weighted by Gasteiger charge is 2.57. The van der Waals surface area contributed by atoms with Gasteiger partial charge in [-0.3, -0.25) is 9.59 Å². The van der Waals surface area contributed by atoms with Crippen LogP contribution in [0.4, 0.5) is 8.78 Å². The van der Waals surface area contributed by atoms with Gasteiger partial charge in [0.2, 0.25) is 5.91 Å². The van der Waals surface area contributed by atoms with E-state index >= 15 is 0 Å². The van der Waals surface area contributed by atoms with Crippen molar-refractivity contribution < 1.29 is 18.4 Å². The molecule has 2 aliphatic heterocycles. The summed E-state index contributed by atoms with van der Waals surface area (Å²) in [5, 5.41) is 0. The van der Waals surface area contributed by atoms with Gasteiger partial charge >= 0.3 is 0 Å². The second-order valence-electron chi connectivity index (χ2n) is 6.49. The average molecular weight is 326 g/mol. The fraction of sp³-hybridized carbons (Fsp3) is 0.667. The Morgan fingerprint density at radius 2 is 2.17 bits per heavy atom. The van der Waals surface area contributed by atoms with Crippen LogP contribution in [0.15, 0.2) is 6.20 Å². The molecule has 0 aromatic carbocycles. The van der Waals surface area contributed by atoms with Gasteiger partial charge in [0, 0.05) is 26.1 Å². The predicted octanol–water partition coefficient (Wildman–Crippen LogP) is 1.44. The number of aromatic nitrogens is 2. The molecule has 1 aromatic heterocycles. The van der Waals surface area contributed by atoms with E-state index in [9.17, 15) is 18.4 Å². The molecule has 2 aliphatic rings. The summed E-state index contributed by atoms with van der Waals surface area (Å²) < 4.78 is 28.5. The van der Waals surface area contributed by atoms with Gasteiger partial charge in [-0.25, -0.2) is 13.8 Å². The standard InChI is InChI=1S/C15H20F2N4O2/c1-3-20-5-4-14(13(20)23)7-15(16,17)9-21(8-14)12(22)11-6-18-10(2)19-11/h6H,3-5,7-9H2,1-2H3,(H,18,19)/t14-/m1/s1. The Morgan fingerprint density at radius 1 is 1.43 bits per heavy atom. The number of nitrogens with zero attached hydrogens (tertiary/aromatic N) is 3. The molecule has 0 bridgehead atoms. The van der Waals surface area contributed by atoms with E-state index in [1.165, 1.54) is 6.20 Å². The van der Waals surface area contributed by atoms with Crippen molar-refractivity contribution in [1.29, 1.82) is 0 Å². The molecule has 23 heavy (non-hydrogen) atoms. The van der Waals surface area contributed by atoms with Crippen molar-refractivity contribution in [3.05, 3.63) is 17.7 Å². The summed E-state index contributed by atoms with van der Waals surface area (Å²) in [5.41, 5.74) is -0.990. The molecule has 1 aromatic rings. The maximum Gasteiger partial charge on any atom is 0.272 e. The SMILES string of the molecule is CCN1CC[C@@]2(CN(C(=O)c3cnc(C)[nH]3)CC(F)(F)C2)C1=O. The summed E-state index contributed by atoms with van der Waals surface area (Å²) in [7, 11) is 0. The number of hydrogen-bond acceptors (Lipinski definition) is 3. The van der Waals surface area contributed by atoms with Crippen molar-refractivity contribution in [2.24, 2.45) is 5.41 Å². The molecule has 1 atom stereocenters. The number of aromatic amines is 1. The Labute approximate surface area is 132 Å². The molecule has 6 nitrogen and oxygen atoms in total. The molecule has 0 radical (unpaired) electrons. The lowest BCUT2D eigenvalue weighted by Gasteiger charge is -2.42. The number of nitrogens with one attached hydrogen (secondary N) is 1. The fourth-order valence-electron chi connectivity index (χ4n) is 3.66. The summed E-state index contributed by atoms with van der Waals surface area (Å²) in [4.78, 5) is 34.4. The van der Waals surface area contributed by atoms with E-state index in [1.54, 1.807) is 11.8 Å². The molecule has 2 fully saturated rings. The Hall–Kier alpha value is -1.99. The first-order valence-corrected chi connectivity index (χ1v) is 7.74. The largest absolute Gasteiger partial charge is 0.342 e. The minimum atomic E-state index is -3.07. The van der Waals surface area contributed by atoms with Gasteiger partial charge in [0.25, 0.3) is 11.8 Å². The first-order valence-electron chi connectivity index (χ1n) is 7.74. The lowest BCUT2D eigenvalue weighted by atomic mass is 9.77. The van der Waals surface area contributed by atoms with Crippen LogP contribution in [-0.2, 0) is 4.79 Å². The molecule has 3 rings (SSSR count). The van der Waals surface area contributed by atoms with Crippen LogP contribution in [0.2, 0.25) is 0 Å². The Balaban J connectivity index is 1.88. The third-order valence-corrected chi connectivity index (χ3v) is 4.72. The highest BCUT2D eigenvalue weighted by atomic mass is 19.3. The first-order chi connectivity index (χ1) is 10.8. The summed E-state index contributed by atoms with van der Waals surface area (Å²) in [6, 6.07) is 0. The van der Waals surface area contributed by atoms with E-state index in [4.69, 9.17) is 0 Å². The van der Waals surface area contributed by atoms with E-state index in [0.29, 0.717) is 25.3 Å². The van der Waals surface area contributed by atoms with Gasteiger partial charge in [-0.2, -0.15) is 0 Å². The van der Waals surface area contributed by atoms with Gasteiger partial charge in [-0.05, 0) is 20.3 Å². The maximum atomic E-state index is 14.2. The lowest BCUT2D eigenvalue weighted by molar-refractivity contribution is -0.151. The lowest BCUT2D eigenvalue weighted by Crippen LogP contribution is -2.57. The zero-order chi connectivity index (χ0) is 16.8. The Bertz CT molecular complexity index is 645. The monoisotopic (exact) mass is 326 g/mol. The van der Waals surface area contributed by atoms with Crippen LogP contribution in [0.25, 0.3) is 0 Å². The zero-order valence-electron chi connectivity index (χ0n) is 13.2. The van der Waals surface area contributed by atoms with Crippen molar-refractivity contribution in [2.75, 3.05) is 26.2 Å². The minimum absolute atomic E-state index is 0.0365. The van der Waals surface area contributed by atoms with E-state index < -0.39 is 30.2 Å². The van der Waals surface area contributed by atoms with Crippen LogP contribution in [-0.4, -0.2) is 63.7 Å². The minimum Gasteiger partial charge on any atom is -0.342 e. The molecule has 3 heterocycles. The number of likely N-dealkylation sites (tertiary alicyclic amines) is 2. The predicted molar refractivity (Wildman–Crippen MR) is 78.1 cm³/mol. The van der Waals surface area contributed by atoms with Crippen LogP contribution in [0, 0.1) is 12.3 Å². The molecular formula is C15H20F2N4O2. The Morgan fingerprint density at radius 3 is 2.74 bits per heavy atom. The number of rotatable bonds is 2. The first kappa shape index (κ1) is 15.9. The van der Waals surface area contributed by atoms with E-state index in [-0.39, 0.29) is 18.1 Å². The molecule has 1 N–H and O–H groups in total. The maximum absolute atomic E-state index is 14.2. The van der Waals surface area contributed by atoms with Crippen LogP contribution in [0.1, 0.15) is 36.1 Å². The molecule has 126 valence electrons. The highest BCUT2D eigenvalue weighted by molar-refractivity contribution is 5.93. The van der Waals surface area contributed by atoms with E-state index in [1.807, 2.05) is 6.92 Å². The molecule has 2 saturated heterocycles. The second-order valence-corrected chi connectivity index (χ2v) is 6.49. The Kier molecular flexibility index (Phi) is 3.65. The van der Waals surface area contributed by atoms with Crippen LogP contribution in [0.5, 0.6) is 0 Å². The average Bonchev–Trinajstić information content (AvgIpc) is 3.02. The molecule has 8 heteroatoms. The van der Waals surface area contributed by atoms with Crippen molar-refractivity contribution in [3.63, 3.8) is 0 Å². The van der Waals surface area contributed by atoms with Gasteiger partial charge in [0.05, 0.1) is 18.2 Å². The molecule has 1 spiro atoms. The molecule has 0 aliphatic carbocycles. The number of hydrogen-bond donors (Lipinski definition) is 1. The number of alkyl halides is 2. The van der Waals surface area contributed by atoms with E-state index in [2.05, 4.69) is 9.97 Å². The van der Waals surface area contributed by atoms with Crippen LogP contribution < -0.4 is 0 Å². The molecule has 0 saturated carbocycles. The number of carbonyl (C=O) groups excluding carboxylic acids is 2. The fourth-order valence-corrected chi connectivity index (χ4v) is 3.66. The van der Waals surface area contributed by atoms with E-state index in [0.717, 1.165) is 4.90 Å². The second kappa shape index (κ2) is 5.28. The van der Waals surface area contributed by atoms with Gasteiger partial charge < -0.3 is 14.8 Å². The quantitative estimate of drug-likeness (QED) is 0.894. The number of halogens is 2. The normalized spacial score (nSPS) is 27.0. The highest BCUT2D eigenvalue weighted by Crippen LogP contribution is 2.45. The van der Waals surface area contributed by atoms with Crippen molar-refractivity contribution in [3.8, 4) is 0 Å². The molecule has 2 amide bonds. The van der Waals surface area contributed by atoms with Crippen LogP contribution >= 0.6 is 0 Å². The third-order valence-electron chi connectivity index (χ3n) is 4.72. The summed E-state index contributed by atoms with van der Waals surface area (Å²) in [6.45, 7) is 3.85. The number of imidazole rings is 1. The third kappa shape index (κ3) is 2.70. The molecule has 0 unspecified atom stereocenters. The van der Waals surface area contributed by atoms with Crippen molar-refractivity contribution in [2.45, 2.75) is 32.6 Å². The number of carbonyl (C=O) groups is 2. The smallest absolute Gasteiger partial charge is 0.272 e. The van der Waals surface area contributed by atoms with Crippen molar-refractivity contribution >= 4 is 11.8 Å². The van der Waals surface area contributed by atoms with Gasteiger partial charge in [0.1, 0.15) is 11.5 Å². The number of amides is 2. The summed E-state index contributed by atoms with van der Waals surface area (Å²) in [5.74, 6) is -3.33. The van der Waals surface area contributed by atoms with Crippen molar-refractivity contribution in [1.82, 2.24) is 19.8 Å². The van der Waals surface area contributed by atoms with Gasteiger partial charge in [-0.15, -0.1) is 0 Å². The van der Waals surface area contributed by atoms with Crippen LogP contribution in [0.3, 0.4) is 0 Å². The van der Waals surface area contributed by atoms with Gasteiger partial charge in [0.15, 0.2) is 0 Å². The summed E-state index contributed by atoms with van der Waals surface area (Å²) in [6.07, 6.45) is 1.22. The topological polar surface area (TPSA) is 69.3 Å². The number of piperidine rings is 1.